The van der Waals surface area contributed by atoms with Gasteiger partial charge in [0.1, 0.15) is 0 Å². The van der Waals surface area contributed by atoms with Gasteiger partial charge in [-0.3, -0.25) is 4.79 Å². The fourth-order valence-electron chi connectivity index (χ4n) is 2.93. The van der Waals surface area contributed by atoms with Crippen LogP contribution >= 0.6 is 0 Å². The van der Waals surface area contributed by atoms with E-state index in [2.05, 4.69) is 25.0 Å². The van der Waals surface area contributed by atoms with Crippen molar-refractivity contribution in [2.24, 2.45) is 0 Å². The Morgan fingerprint density at radius 1 is 1.36 bits per heavy atom. The molecule has 1 fully saturated rings. The maximum atomic E-state index is 12.7. The molecule has 0 unspecified atom stereocenters. The van der Waals surface area contributed by atoms with Crippen molar-refractivity contribution in [2.75, 3.05) is 0 Å². The molecule has 116 valence electrons. The Balaban J connectivity index is 2.53. The Morgan fingerprint density at radius 2 is 2.05 bits per heavy atom. The van der Waals surface area contributed by atoms with Gasteiger partial charge in [-0.2, -0.15) is 0 Å². The number of ketones is 1. The Bertz CT molecular complexity index is 624. The van der Waals surface area contributed by atoms with E-state index in [1.54, 1.807) is 6.08 Å². The van der Waals surface area contributed by atoms with Crippen LogP contribution in [0.15, 0.2) is 71.7 Å². The number of carbonyl (C=O) groups is 1. The first kappa shape index (κ1) is 16.3. The van der Waals surface area contributed by atoms with Crippen LogP contribution in [0.4, 0.5) is 0 Å². The van der Waals surface area contributed by atoms with Crippen LogP contribution in [0.1, 0.15) is 40.0 Å². The van der Waals surface area contributed by atoms with Gasteiger partial charge in [-0.15, -0.1) is 0 Å². The quantitative estimate of drug-likeness (QED) is 0.546. The van der Waals surface area contributed by atoms with Crippen LogP contribution in [-0.2, 0) is 4.79 Å². The highest BCUT2D eigenvalue weighted by molar-refractivity contribution is 6.02. The lowest BCUT2D eigenvalue weighted by Crippen LogP contribution is -2.24. The number of rotatable bonds is 4. The fourth-order valence-corrected chi connectivity index (χ4v) is 2.93. The third-order valence-electron chi connectivity index (χ3n) is 4.25. The zero-order chi connectivity index (χ0) is 16.3. The first-order valence-electron chi connectivity index (χ1n) is 7.85. The monoisotopic (exact) mass is 295 g/mol. The molecule has 0 aromatic heterocycles. The highest BCUT2D eigenvalue weighted by Crippen LogP contribution is 2.40. The zero-order valence-electron chi connectivity index (χ0n) is 13.9. The summed E-state index contributed by atoms with van der Waals surface area (Å²) in [5, 5.41) is 0. The molecule has 2 rings (SSSR count). The first-order valence-corrected chi connectivity index (χ1v) is 7.85. The molecule has 0 saturated heterocycles. The second-order valence-corrected chi connectivity index (χ2v) is 5.90. The average molecular weight is 295 g/mol. The summed E-state index contributed by atoms with van der Waals surface area (Å²) < 4.78 is 0. The summed E-state index contributed by atoms with van der Waals surface area (Å²) >= 11 is 0. The smallest absolute Gasteiger partial charge is 0.169 e. The summed E-state index contributed by atoms with van der Waals surface area (Å²) in [6, 6.07) is 0.485. The van der Waals surface area contributed by atoms with Gasteiger partial charge in [0.05, 0.1) is 0 Å². The largest absolute Gasteiger partial charge is 0.342 e. The second kappa shape index (κ2) is 6.78. The molecule has 0 aromatic carbocycles. The molecule has 0 amide bonds. The molecule has 2 nitrogen and oxygen atoms in total. The topological polar surface area (TPSA) is 20.3 Å². The molecule has 1 aliphatic heterocycles. The van der Waals surface area contributed by atoms with Gasteiger partial charge in [-0.25, -0.2) is 0 Å². The molecule has 22 heavy (non-hydrogen) atoms. The number of Topliss-reactive ketones (excluding diaryl/α,β-unsaturated/α-hetero) is 1. The SMILES string of the molecule is C=C/C=C(/C)C1=C(C)N(C2CC2)C(=C)/C(=C\C=C/C)C(=O)C1. The van der Waals surface area contributed by atoms with E-state index in [1.807, 2.05) is 38.2 Å². The van der Waals surface area contributed by atoms with Gasteiger partial charge in [0.25, 0.3) is 0 Å². The Morgan fingerprint density at radius 3 is 2.59 bits per heavy atom. The number of hydrogen-bond donors (Lipinski definition) is 0. The van der Waals surface area contributed by atoms with Gasteiger partial charge in [0.15, 0.2) is 5.78 Å². The Kier molecular flexibility index (Phi) is 5.02. The molecule has 0 spiro atoms. The lowest BCUT2D eigenvalue weighted by molar-refractivity contribution is -0.114. The van der Waals surface area contributed by atoms with Crippen molar-refractivity contribution in [1.82, 2.24) is 4.90 Å². The Labute approximate surface area is 133 Å². The lowest BCUT2D eigenvalue weighted by Gasteiger charge is -2.28. The third kappa shape index (κ3) is 3.22. The zero-order valence-corrected chi connectivity index (χ0v) is 13.9. The van der Waals surface area contributed by atoms with E-state index in [-0.39, 0.29) is 5.78 Å². The number of carbonyl (C=O) groups excluding carboxylic acids is 1. The number of nitrogens with zero attached hydrogens (tertiary/aromatic N) is 1. The molecule has 2 heteroatoms. The predicted octanol–water partition coefficient (Wildman–Crippen LogP) is 4.85. The van der Waals surface area contributed by atoms with Crippen LogP contribution < -0.4 is 0 Å². The molecule has 0 aromatic rings. The van der Waals surface area contributed by atoms with Crippen molar-refractivity contribution in [1.29, 1.82) is 0 Å². The van der Waals surface area contributed by atoms with Crippen molar-refractivity contribution < 1.29 is 4.79 Å². The minimum absolute atomic E-state index is 0.136. The minimum Gasteiger partial charge on any atom is -0.342 e. The van der Waals surface area contributed by atoms with E-state index < -0.39 is 0 Å². The first-order chi connectivity index (χ1) is 10.5. The van der Waals surface area contributed by atoms with Gasteiger partial charge in [-0.05, 0) is 50.8 Å². The van der Waals surface area contributed by atoms with Crippen LogP contribution in [0, 0.1) is 0 Å². The molecule has 1 heterocycles. The van der Waals surface area contributed by atoms with E-state index in [9.17, 15) is 4.79 Å². The van der Waals surface area contributed by atoms with Crippen LogP contribution in [0.3, 0.4) is 0 Å². The van der Waals surface area contributed by atoms with Crippen molar-refractivity contribution in [3.05, 3.63) is 71.7 Å². The standard InChI is InChI=1S/C20H25NO/c1-6-8-10-18-15(4)21(17-11-12-17)16(5)19(13-20(18)22)14(3)9-7-2/h6-10,17H,2,4,11-13H2,1,3,5H3/b8-6-,14-9-,18-10+. The van der Waals surface area contributed by atoms with E-state index in [0.717, 1.165) is 28.1 Å². The van der Waals surface area contributed by atoms with Crippen molar-refractivity contribution in [2.45, 2.75) is 46.1 Å². The summed E-state index contributed by atoms with van der Waals surface area (Å²) in [6.45, 7) is 14.1. The van der Waals surface area contributed by atoms with Gasteiger partial charge < -0.3 is 4.90 Å². The summed E-state index contributed by atoms with van der Waals surface area (Å²) in [5.41, 5.74) is 4.92. The van der Waals surface area contributed by atoms with E-state index >= 15 is 0 Å². The summed E-state index contributed by atoms with van der Waals surface area (Å²) in [4.78, 5) is 15.0. The maximum Gasteiger partial charge on any atom is 0.169 e. The van der Waals surface area contributed by atoms with Crippen molar-refractivity contribution in [3.8, 4) is 0 Å². The van der Waals surface area contributed by atoms with E-state index in [4.69, 9.17) is 0 Å². The van der Waals surface area contributed by atoms with Crippen LogP contribution in [0.5, 0.6) is 0 Å². The Hall–Kier alpha value is -2.09. The van der Waals surface area contributed by atoms with Gasteiger partial charge in [0, 0.05) is 29.4 Å². The average Bonchev–Trinajstić information content (AvgIpc) is 3.29. The highest BCUT2D eigenvalue weighted by Gasteiger charge is 2.36. The van der Waals surface area contributed by atoms with E-state index in [0.29, 0.717) is 12.5 Å². The van der Waals surface area contributed by atoms with Gasteiger partial charge >= 0.3 is 0 Å². The van der Waals surface area contributed by atoms with Crippen LogP contribution in [0.25, 0.3) is 0 Å². The highest BCUT2D eigenvalue weighted by atomic mass is 16.1. The molecule has 0 N–H and O–H groups in total. The summed E-state index contributed by atoms with van der Waals surface area (Å²) in [6.07, 6.45) is 12.2. The predicted molar refractivity (Wildman–Crippen MR) is 93.2 cm³/mol. The van der Waals surface area contributed by atoms with Crippen LogP contribution in [-0.4, -0.2) is 16.7 Å². The van der Waals surface area contributed by atoms with Crippen molar-refractivity contribution >= 4 is 5.78 Å². The molecule has 0 bridgehead atoms. The van der Waals surface area contributed by atoms with Crippen molar-refractivity contribution in [3.63, 3.8) is 0 Å². The lowest BCUT2D eigenvalue weighted by atomic mass is 9.97. The van der Waals surface area contributed by atoms with E-state index in [1.165, 1.54) is 12.8 Å². The number of hydrogen-bond acceptors (Lipinski definition) is 2. The molecule has 1 aliphatic carbocycles. The maximum absolute atomic E-state index is 12.7. The van der Waals surface area contributed by atoms with Crippen LogP contribution in [0.2, 0.25) is 0 Å². The molecule has 0 atom stereocenters. The molecule has 2 aliphatic rings. The normalized spacial score (nSPS) is 22.8. The molecule has 1 saturated carbocycles. The second-order valence-electron chi connectivity index (χ2n) is 5.90. The minimum atomic E-state index is 0.136. The summed E-state index contributed by atoms with van der Waals surface area (Å²) in [5.74, 6) is 0.136. The molecule has 0 radical (unpaired) electrons. The summed E-state index contributed by atoms with van der Waals surface area (Å²) in [7, 11) is 0. The molecular weight excluding hydrogens is 270 g/mol. The van der Waals surface area contributed by atoms with Gasteiger partial charge in [0.2, 0.25) is 0 Å². The van der Waals surface area contributed by atoms with Gasteiger partial charge in [-0.1, -0.05) is 37.5 Å². The molecular formula is C20H25NO. The third-order valence-corrected chi connectivity index (χ3v) is 4.25. The fraction of sp³-hybridized carbons (Fsp3) is 0.350. The number of allylic oxidation sites excluding steroid dienone is 9.